The summed E-state index contributed by atoms with van der Waals surface area (Å²) in [6, 6.07) is 8.31. The standard InChI is InChI=1S/C23H24N4O5S/c28-20(25-7-9-26(10-8-25)22(30)19-4-2-12-32-19)15-5-6-17-18(13-15)24-23(33)27(21(17)29)14-16-3-1-11-31-16/h2,4-6,12-13,16H,1,3,7-11,14H2,(H,24,33)/t16-/m1/s1. The Balaban J connectivity index is 1.31. The molecule has 2 aromatic heterocycles. The molecule has 2 aliphatic rings. The fourth-order valence-corrected chi connectivity index (χ4v) is 4.66. The number of H-pyrrole nitrogens is 1. The molecule has 2 amide bonds. The van der Waals surface area contributed by atoms with Crippen molar-refractivity contribution < 1.29 is 18.7 Å². The van der Waals surface area contributed by atoms with E-state index in [-0.39, 0.29) is 23.5 Å². The van der Waals surface area contributed by atoms with E-state index in [2.05, 4.69) is 4.98 Å². The minimum absolute atomic E-state index is 0.00515. The zero-order valence-corrected chi connectivity index (χ0v) is 18.8. The Hall–Kier alpha value is -3.24. The van der Waals surface area contributed by atoms with Crippen molar-refractivity contribution in [3.63, 3.8) is 0 Å². The highest BCUT2D eigenvalue weighted by Gasteiger charge is 2.27. The molecule has 0 saturated carbocycles. The number of aromatic amines is 1. The van der Waals surface area contributed by atoms with Gasteiger partial charge in [0.1, 0.15) is 0 Å². The first-order chi connectivity index (χ1) is 16.0. The fraction of sp³-hybridized carbons (Fsp3) is 0.391. The van der Waals surface area contributed by atoms with Crippen molar-refractivity contribution in [2.24, 2.45) is 0 Å². The van der Waals surface area contributed by atoms with Crippen molar-refractivity contribution in [2.75, 3.05) is 32.8 Å². The van der Waals surface area contributed by atoms with Crippen molar-refractivity contribution in [3.8, 4) is 0 Å². The summed E-state index contributed by atoms with van der Waals surface area (Å²) in [5.41, 5.74) is 0.814. The summed E-state index contributed by atoms with van der Waals surface area (Å²) in [4.78, 5) is 45.0. The summed E-state index contributed by atoms with van der Waals surface area (Å²) >= 11 is 5.42. The molecule has 1 atom stereocenters. The maximum Gasteiger partial charge on any atom is 0.289 e. The number of furan rings is 1. The molecule has 0 aliphatic carbocycles. The Kier molecular flexibility index (Phi) is 5.86. The van der Waals surface area contributed by atoms with Gasteiger partial charge in [0, 0.05) is 38.3 Å². The lowest BCUT2D eigenvalue weighted by Crippen LogP contribution is -2.50. The minimum atomic E-state index is -0.187. The number of fused-ring (bicyclic) bond motifs is 1. The van der Waals surface area contributed by atoms with E-state index in [4.69, 9.17) is 21.4 Å². The van der Waals surface area contributed by atoms with Crippen LogP contribution < -0.4 is 5.56 Å². The minimum Gasteiger partial charge on any atom is -0.459 e. The maximum atomic E-state index is 13.1. The number of benzene rings is 1. The number of nitrogens with zero attached hydrogens (tertiary/aromatic N) is 3. The van der Waals surface area contributed by atoms with Crippen molar-refractivity contribution in [1.29, 1.82) is 0 Å². The molecule has 0 unspecified atom stereocenters. The number of hydrogen-bond donors (Lipinski definition) is 1. The number of rotatable bonds is 4. The Morgan fingerprint density at radius 3 is 2.52 bits per heavy atom. The molecule has 0 radical (unpaired) electrons. The molecule has 0 spiro atoms. The molecule has 2 aliphatic heterocycles. The normalized spacial score (nSPS) is 18.7. The molecule has 2 fully saturated rings. The van der Waals surface area contributed by atoms with Crippen LogP contribution in [-0.4, -0.2) is 70.1 Å². The number of nitrogens with one attached hydrogen (secondary N) is 1. The van der Waals surface area contributed by atoms with Gasteiger partial charge in [-0.25, -0.2) is 0 Å². The lowest BCUT2D eigenvalue weighted by atomic mass is 10.1. The molecule has 10 heteroatoms. The molecule has 33 heavy (non-hydrogen) atoms. The summed E-state index contributed by atoms with van der Waals surface area (Å²) in [6.45, 7) is 2.82. The van der Waals surface area contributed by atoms with E-state index < -0.39 is 0 Å². The van der Waals surface area contributed by atoms with Gasteiger partial charge in [-0.2, -0.15) is 0 Å². The molecule has 3 aromatic rings. The second-order valence-electron chi connectivity index (χ2n) is 8.30. The number of amides is 2. The zero-order chi connectivity index (χ0) is 22.9. The second kappa shape index (κ2) is 8.95. The van der Waals surface area contributed by atoms with Crippen molar-refractivity contribution >= 4 is 34.9 Å². The first-order valence-electron chi connectivity index (χ1n) is 11.0. The third-order valence-corrected chi connectivity index (χ3v) is 6.55. The summed E-state index contributed by atoms with van der Waals surface area (Å²) in [5.74, 6) is -0.0285. The lowest BCUT2D eigenvalue weighted by Gasteiger charge is -2.34. The number of aromatic nitrogens is 2. The number of piperazine rings is 1. The molecule has 5 rings (SSSR count). The SMILES string of the molecule is O=C(c1ccc2c(=O)n(C[C@H]3CCCO3)c(=S)[nH]c2c1)N1CCN(C(=O)c2ccco2)CC1. The topological polar surface area (TPSA) is 101 Å². The second-order valence-corrected chi connectivity index (χ2v) is 8.69. The third-order valence-electron chi connectivity index (χ3n) is 6.23. The van der Waals surface area contributed by atoms with E-state index in [1.54, 1.807) is 40.1 Å². The Bertz CT molecular complexity index is 1300. The summed E-state index contributed by atoms with van der Waals surface area (Å²) in [6.07, 6.45) is 3.36. The fourth-order valence-electron chi connectivity index (χ4n) is 4.40. The largest absolute Gasteiger partial charge is 0.459 e. The van der Waals surface area contributed by atoms with Crippen LogP contribution >= 0.6 is 12.2 Å². The maximum absolute atomic E-state index is 13.1. The van der Waals surface area contributed by atoms with E-state index in [1.807, 2.05) is 0 Å². The van der Waals surface area contributed by atoms with Gasteiger partial charge in [0.05, 0.1) is 29.8 Å². The predicted octanol–water partition coefficient (Wildman–Crippen LogP) is 2.43. The van der Waals surface area contributed by atoms with Crippen molar-refractivity contribution in [1.82, 2.24) is 19.4 Å². The van der Waals surface area contributed by atoms with Crippen LogP contribution in [0.3, 0.4) is 0 Å². The van der Waals surface area contributed by atoms with Crippen LogP contribution in [0.2, 0.25) is 0 Å². The predicted molar refractivity (Wildman–Crippen MR) is 123 cm³/mol. The molecular formula is C23H24N4O5S. The number of hydrogen-bond acceptors (Lipinski definition) is 6. The molecule has 0 bridgehead atoms. The van der Waals surface area contributed by atoms with E-state index in [0.29, 0.717) is 66.3 Å². The summed E-state index contributed by atoms with van der Waals surface area (Å²) in [7, 11) is 0. The number of ether oxygens (including phenoxy) is 1. The van der Waals surface area contributed by atoms with E-state index in [0.717, 1.165) is 12.8 Å². The van der Waals surface area contributed by atoms with Gasteiger partial charge in [-0.05, 0) is 55.4 Å². The molecule has 1 N–H and O–H groups in total. The van der Waals surface area contributed by atoms with Gasteiger partial charge in [0.2, 0.25) is 0 Å². The van der Waals surface area contributed by atoms with Crippen LogP contribution in [0.25, 0.3) is 10.9 Å². The van der Waals surface area contributed by atoms with Gasteiger partial charge in [0.25, 0.3) is 17.4 Å². The highest BCUT2D eigenvalue weighted by molar-refractivity contribution is 7.71. The molecule has 2 saturated heterocycles. The van der Waals surface area contributed by atoms with Crippen molar-refractivity contribution in [2.45, 2.75) is 25.5 Å². The van der Waals surface area contributed by atoms with Gasteiger partial charge < -0.3 is 23.9 Å². The van der Waals surface area contributed by atoms with Crippen LogP contribution in [0.1, 0.15) is 33.8 Å². The van der Waals surface area contributed by atoms with Gasteiger partial charge in [-0.1, -0.05) is 0 Å². The van der Waals surface area contributed by atoms with Gasteiger partial charge in [-0.15, -0.1) is 0 Å². The Labute approximate surface area is 194 Å². The highest BCUT2D eigenvalue weighted by Crippen LogP contribution is 2.17. The van der Waals surface area contributed by atoms with Crippen LogP contribution in [-0.2, 0) is 11.3 Å². The van der Waals surface area contributed by atoms with Crippen LogP contribution in [0, 0.1) is 4.77 Å². The average Bonchev–Trinajstić information content (AvgIpc) is 3.55. The van der Waals surface area contributed by atoms with Crippen LogP contribution in [0.15, 0.2) is 45.8 Å². The molecule has 172 valence electrons. The van der Waals surface area contributed by atoms with E-state index >= 15 is 0 Å². The molecule has 9 nitrogen and oxygen atoms in total. The molecule has 1 aromatic carbocycles. The van der Waals surface area contributed by atoms with Gasteiger partial charge in [0.15, 0.2) is 10.5 Å². The first kappa shape index (κ1) is 21.6. The quantitative estimate of drug-likeness (QED) is 0.591. The highest BCUT2D eigenvalue weighted by atomic mass is 32.1. The van der Waals surface area contributed by atoms with Crippen molar-refractivity contribution in [3.05, 3.63) is 63.0 Å². The number of carbonyl (C=O) groups excluding carboxylic acids is 2. The molecule has 4 heterocycles. The van der Waals surface area contributed by atoms with Crippen LogP contribution in [0.5, 0.6) is 0 Å². The molecular weight excluding hydrogens is 444 g/mol. The zero-order valence-electron chi connectivity index (χ0n) is 18.0. The summed E-state index contributed by atoms with van der Waals surface area (Å²) in [5, 5.41) is 0.479. The smallest absolute Gasteiger partial charge is 0.289 e. The van der Waals surface area contributed by atoms with E-state index in [9.17, 15) is 14.4 Å². The lowest BCUT2D eigenvalue weighted by molar-refractivity contribution is 0.0518. The van der Waals surface area contributed by atoms with E-state index in [1.165, 1.54) is 10.8 Å². The first-order valence-corrected chi connectivity index (χ1v) is 11.4. The monoisotopic (exact) mass is 468 g/mol. The van der Waals surface area contributed by atoms with Gasteiger partial charge in [-0.3, -0.25) is 19.0 Å². The third kappa shape index (κ3) is 4.23. The average molecular weight is 469 g/mol. The van der Waals surface area contributed by atoms with Crippen LogP contribution in [0.4, 0.5) is 0 Å². The Morgan fingerprint density at radius 2 is 1.85 bits per heavy atom. The Morgan fingerprint density at radius 1 is 1.09 bits per heavy atom. The number of carbonyl (C=O) groups is 2. The van der Waals surface area contributed by atoms with Gasteiger partial charge >= 0.3 is 0 Å². The summed E-state index contributed by atoms with van der Waals surface area (Å²) < 4.78 is 12.7.